The molecule has 4 rings (SSSR count). The van der Waals surface area contributed by atoms with Gasteiger partial charge in [-0.25, -0.2) is 4.39 Å². The average molecular weight is 541 g/mol. The van der Waals surface area contributed by atoms with Crippen LogP contribution in [0.5, 0.6) is 0 Å². The zero-order valence-electron chi connectivity index (χ0n) is 25.0. The highest BCUT2D eigenvalue weighted by Crippen LogP contribution is 2.27. The summed E-state index contributed by atoms with van der Waals surface area (Å²) in [7, 11) is 1.70. The lowest BCUT2D eigenvalue weighted by molar-refractivity contribution is -0.115. The van der Waals surface area contributed by atoms with E-state index in [1.807, 2.05) is 89.2 Å². The first-order chi connectivity index (χ1) is 19.2. The Balaban J connectivity index is 0.000000303. The van der Waals surface area contributed by atoms with E-state index < -0.39 is 0 Å². The zero-order chi connectivity index (χ0) is 30.1. The van der Waals surface area contributed by atoms with E-state index >= 15 is 0 Å². The predicted molar refractivity (Wildman–Crippen MR) is 168 cm³/mol. The number of nitrogens with one attached hydrogen (secondary N) is 1. The average Bonchev–Trinajstić information content (AvgIpc) is 3.34. The van der Waals surface area contributed by atoms with E-state index in [1.54, 1.807) is 26.4 Å². The van der Waals surface area contributed by atoms with Crippen LogP contribution < -0.4 is 5.32 Å². The van der Waals surface area contributed by atoms with E-state index in [9.17, 15) is 9.18 Å². The van der Waals surface area contributed by atoms with Gasteiger partial charge < -0.3 is 5.32 Å². The molecule has 1 heterocycles. The van der Waals surface area contributed by atoms with Gasteiger partial charge in [-0.3, -0.25) is 14.8 Å². The van der Waals surface area contributed by atoms with Gasteiger partial charge >= 0.3 is 0 Å². The van der Waals surface area contributed by atoms with Gasteiger partial charge in [-0.15, -0.1) is 0 Å². The number of fused-ring (bicyclic) bond motifs is 1. The molecular weight excluding hydrogens is 499 g/mol. The number of benzene rings is 3. The number of rotatable bonds is 4. The second kappa shape index (κ2) is 18.0. The molecule has 5 nitrogen and oxygen atoms in total. The molecule has 1 N–H and O–H groups in total. The molecule has 1 aliphatic heterocycles. The predicted octanol–water partition coefficient (Wildman–Crippen LogP) is 8.60. The summed E-state index contributed by atoms with van der Waals surface area (Å²) in [4.78, 5) is 18.8. The first-order valence-corrected chi connectivity index (χ1v) is 13.5. The van der Waals surface area contributed by atoms with Crippen molar-refractivity contribution in [1.29, 1.82) is 5.26 Å². The van der Waals surface area contributed by atoms with Crippen molar-refractivity contribution >= 4 is 35.3 Å². The van der Waals surface area contributed by atoms with Gasteiger partial charge in [0.05, 0.1) is 18.1 Å². The monoisotopic (exact) mass is 540 g/mol. The van der Waals surface area contributed by atoms with Gasteiger partial charge in [0, 0.05) is 25.2 Å². The molecular formula is C34H41FN4O. The van der Waals surface area contributed by atoms with Crippen molar-refractivity contribution in [2.45, 2.75) is 61.3 Å². The minimum atomic E-state index is -0.292. The summed E-state index contributed by atoms with van der Waals surface area (Å²) in [5.41, 5.74) is 8.37. The maximum absolute atomic E-state index is 13.8. The fourth-order valence-electron chi connectivity index (χ4n) is 3.68. The van der Waals surface area contributed by atoms with Gasteiger partial charge in [0.15, 0.2) is 0 Å². The Morgan fingerprint density at radius 2 is 1.77 bits per heavy atom. The summed E-state index contributed by atoms with van der Waals surface area (Å²) >= 11 is 0. The highest BCUT2D eigenvalue weighted by molar-refractivity contribution is 5.99. The molecule has 0 fully saturated rings. The molecule has 40 heavy (non-hydrogen) atoms. The van der Waals surface area contributed by atoms with Crippen molar-refractivity contribution in [2.24, 2.45) is 9.98 Å². The van der Waals surface area contributed by atoms with Crippen molar-refractivity contribution in [3.8, 4) is 6.07 Å². The van der Waals surface area contributed by atoms with Crippen molar-refractivity contribution in [3.05, 3.63) is 99.9 Å². The van der Waals surface area contributed by atoms with Crippen LogP contribution >= 0.6 is 0 Å². The third kappa shape index (κ3) is 10.8. The summed E-state index contributed by atoms with van der Waals surface area (Å²) < 4.78 is 13.8. The van der Waals surface area contributed by atoms with E-state index in [0.717, 1.165) is 39.9 Å². The molecule has 0 radical (unpaired) electrons. The normalized spacial score (nSPS) is 11.8. The molecule has 1 amide bonds. The third-order valence-corrected chi connectivity index (χ3v) is 5.82. The second-order valence-electron chi connectivity index (χ2n) is 8.82. The number of allylic oxidation sites excluding steroid dienone is 2. The fourth-order valence-corrected chi connectivity index (χ4v) is 3.68. The molecule has 0 saturated heterocycles. The molecule has 0 unspecified atom stereocenters. The number of hydrogen-bond acceptors (Lipinski definition) is 4. The number of aliphatic imine (C=N–C) groups is 2. The van der Waals surface area contributed by atoms with Gasteiger partial charge in [-0.05, 0) is 104 Å². The Morgan fingerprint density at radius 3 is 2.33 bits per heavy atom. The number of anilines is 1. The van der Waals surface area contributed by atoms with Crippen molar-refractivity contribution in [1.82, 2.24) is 0 Å². The lowest BCUT2D eigenvalue weighted by atomic mass is 10.0. The number of nitriles is 1. The van der Waals surface area contributed by atoms with Crippen LogP contribution in [0.1, 0.15) is 68.0 Å². The Morgan fingerprint density at radius 1 is 1.10 bits per heavy atom. The standard InChI is InChI=1S/C14H17FN2.C9H9NO.C9H9N.C2H6/c1-5-17-14-11(3)8-12(9-13(14)15)10(2)6-7-16-4;1-6-2-3-7-5-9(11)10-8(7)4-6;1-2-8-3-5-9(7-10)6-4-8;1-2/h5-9H,1-4H3;2-4H,5H2,1H3,(H,10,11);3-6H,2H2,1H3;1-2H3/b10-6+,16-7?,17-5?;;;. The van der Waals surface area contributed by atoms with Crippen LogP contribution in [-0.2, 0) is 17.6 Å². The highest BCUT2D eigenvalue weighted by atomic mass is 19.1. The quantitative estimate of drug-likeness (QED) is 0.336. The number of aryl methyl sites for hydroxylation is 3. The molecule has 0 spiro atoms. The zero-order valence-corrected chi connectivity index (χ0v) is 25.0. The lowest BCUT2D eigenvalue weighted by Gasteiger charge is -2.07. The van der Waals surface area contributed by atoms with Crippen molar-refractivity contribution in [2.75, 3.05) is 12.4 Å². The molecule has 0 saturated carbocycles. The van der Waals surface area contributed by atoms with E-state index in [4.69, 9.17) is 5.26 Å². The van der Waals surface area contributed by atoms with Gasteiger partial charge in [-0.1, -0.05) is 45.0 Å². The largest absolute Gasteiger partial charge is 0.326 e. The summed E-state index contributed by atoms with van der Waals surface area (Å²) in [5, 5.41) is 11.3. The van der Waals surface area contributed by atoms with Gasteiger partial charge in [0.1, 0.15) is 11.5 Å². The number of nitrogens with zero attached hydrogens (tertiary/aromatic N) is 3. The maximum atomic E-state index is 13.8. The fraction of sp³-hybridized carbons (Fsp3) is 0.294. The highest BCUT2D eigenvalue weighted by Gasteiger charge is 2.16. The van der Waals surface area contributed by atoms with Crippen molar-refractivity contribution < 1.29 is 9.18 Å². The number of hydrogen-bond donors (Lipinski definition) is 1. The van der Waals surface area contributed by atoms with Crippen LogP contribution in [0.25, 0.3) is 5.57 Å². The first-order valence-electron chi connectivity index (χ1n) is 13.5. The smallest absolute Gasteiger partial charge is 0.228 e. The minimum Gasteiger partial charge on any atom is -0.326 e. The molecule has 3 aromatic rings. The molecule has 0 bridgehead atoms. The van der Waals surface area contributed by atoms with E-state index in [2.05, 4.69) is 28.3 Å². The minimum absolute atomic E-state index is 0.102. The molecule has 0 atom stereocenters. The van der Waals surface area contributed by atoms with Crippen LogP contribution in [0, 0.1) is 31.0 Å². The molecule has 0 aliphatic carbocycles. The summed E-state index contributed by atoms with van der Waals surface area (Å²) in [5.74, 6) is -0.190. The Bertz CT molecular complexity index is 1360. The number of carbonyl (C=O) groups is 1. The lowest BCUT2D eigenvalue weighted by Crippen LogP contribution is -2.03. The maximum Gasteiger partial charge on any atom is 0.228 e. The van der Waals surface area contributed by atoms with E-state index in [0.29, 0.717) is 12.1 Å². The second-order valence-corrected chi connectivity index (χ2v) is 8.82. The van der Waals surface area contributed by atoms with Crippen LogP contribution in [0.15, 0.2) is 70.7 Å². The summed E-state index contributed by atoms with van der Waals surface area (Å²) in [6.45, 7) is 13.7. The molecule has 0 aromatic heterocycles. The van der Waals surface area contributed by atoms with Gasteiger partial charge in [0.25, 0.3) is 0 Å². The third-order valence-electron chi connectivity index (χ3n) is 5.82. The Hall–Kier alpha value is -4.37. The molecule has 6 heteroatoms. The first kappa shape index (κ1) is 33.7. The molecule has 3 aromatic carbocycles. The van der Waals surface area contributed by atoms with Gasteiger partial charge in [-0.2, -0.15) is 5.26 Å². The van der Waals surface area contributed by atoms with Crippen LogP contribution in [0.2, 0.25) is 0 Å². The number of amides is 1. The molecule has 1 aliphatic rings. The molecule has 210 valence electrons. The SMILES string of the molecule is CC.CC=Nc1c(C)cc(/C(C)=C/C=NC)cc1F.CCc1ccc(C#N)cc1.Cc1ccc2c(c1)NC(=O)C2. The van der Waals surface area contributed by atoms with E-state index in [1.165, 1.54) is 17.2 Å². The Labute approximate surface area is 239 Å². The van der Waals surface area contributed by atoms with Crippen LogP contribution in [0.3, 0.4) is 0 Å². The number of halogens is 1. The summed E-state index contributed by atoms with van der Waals surface area (Å²) in [6, 6.07) is 19.2. The van der Waals surface area contributed by atoms with Crippen molar-refractivity contribution in [3.63, 3.8) is 0 Å². The summed E-state index contributed by atoms with van der Waals surface area (Å²) in [6.07, 6.45) is 6.72. The Kier molecular flexibility index (Phi) is 15.2. The topological polar surface area (TPSA) is 77.6 Å². The van der Waals surface area contributed by atoms with Crippen LogP contribution in [0.4, 0.5) is 15.8 Å². The van der Waals surface area contributed by atoms with Gasteiger partial charge in [0.2, 0.25) is 5.91 Å². The van der Waals surface area contributed by atoms with E-state index in [-0.39, 0.29) is 11.7 Å². The van der Waals surface area contributed by atoms with Crippen LogP contribution in [-0.4, -0.2) is 25.4 Å². The number of carbonyl (C=O) groups excluding carboxylic acids is 1.